The maximum Gasteiger partial charge on any atom is 0.255 e. The molecule has 3 aromatic carbocycles. The second kappa shape index (κ2) is 12.4. The Hall–Kier alpha value is -3.11. The molecule has 37 heavy (non-hydrogen) atoms. The summed E-state index contributed by atoms with van der Waals surface area (Å²) < 4.78 is 28.1. The fourth-order valence-corrected chi connectivity index (χ4v) is 5.68. The molecule has 3 aromatic rings. The summed E-state index contributed by atoms with van der Waals surface area (Å²) in [6.07, 6.45) is -1.03. The molecule has 5 N–H and O–H groups in total. The lowest BCUT2D eigenvalue weighted by Gasteiger charge is -2.31. The number of nitrogens with one attached hydrogen (secondary N) is 1. The highest BCUT2D eigenvalue weighted by molar-refractivity contribution is 7.89. The number of aliphatic hydroxyl groups excluding tert-OH is 1. The maximum absolute atomic E-state index is 13.5. The van der Waals surface area contributed by atoms with E-state index >= 15 is 0 Å². The number of aliphatic hydroxyl groups is 1. The molecule has 0 aliphatic heterocycles. The summed E-state index contributed by atoms with van der Waals surface area (Å²) in [5, 5.41) is 24.5. The van der Waals surface area contributed by atoms with Crippen molar-refractivity contribution in [2.24, 2.45) is 5.92 Å². The summed E-state index contributed by atoms with van der Waals surface area (Å²) in [5.41, 5.74) is 6.98. The lowest BCUT2D eigenvalue weighted by molar-refractivity contribution is 0.0774. The van der Waals surface area contributed by atoms with E-state index in [1.54, 1.807) is 0 Å². The van der Waals surface area contributed by atoms with Crippen LogP contribution in [-0.4, -0.2) is 54.1 Å². The van der Waals surface area contributed by atoms with Crippen molar-refractivity contribution < 1.29 is 23.4 Å². The number of phenols is 1. The second-order valence-electron chi connectivity index (χ2n) is 9.28. The van der Waals surface area contributed by atoms with Gasteiger partial charge in [-0.3, -0.25) is 4.79 Å². The molecule has 0 aromatic heterocycles. The third-order valence-corrected chi connectivity index (χ3v) is 7.84. The fourth-order valence-electron chi connectivity index (χ4n) is 3.90. The minimum Gasteiger partial charge on any atom is -0.507 e. The van der Waals surface area contributed by atoms with E-state index in [2.05, 4.69) is 5.32 Å². The first-order chi connectivity index (χ1) is 17.5. The largest absolute Gasteiger partial charge is 0.507 e. The van der Waals surface area contributed by atoms with E-state index < -0.39 is 28.1 Å². The van der Waals surface area contributed by atoms with Crippen LogP contribution in [0.25, 0.3) is 0 Å². The molecular formula is C27H32ClN3O5S. The van der Waals surface area contributed by atoms with Crippen LogP contribution in [0.3, 0.4) is 0 Å². The molecule has 0 spiro atoms. The topological polar surface area (TPSA) is 133 Å². The summed E-state index contributed by atoms with van der Waals surface area (Å²) in [4.78, 5) is 13.1. The Morgan fingerprint density at radius 2 is 1.68 bits per heavy atom. The molecule has 0 aliphatic carbocycles. The standard InChI is InChI=1S/C27H32ClN3O5S/c1-18(2)16-31(37(35,36)22-11-9-21(29)10-12-22)17-26(33)24(14-19-6-4-3-5-7-19)30-27(34)23-13-8-20(28)15-25(23)32/h3-13,15,18,24,26,32-33H,14,16-17,29H2,1-2H3,(H,30,34)/t24-,26+/m0/s1. The van der Waals surface area contributed by atoms with E-state index in [-0.39, 0.29) is 46.7 Å². The molecule has 0 aliphatic rings. The van der Waals surface area contributed by atoms with Gasteiger partial charge in [0.1, 0.15) is 5.75 Å². The number of nitrogen functional groups attached to an aromatic ring is 1. The number of halogens is 1. The number of benzene rings is 3. The van der Waals surface area contributed by atoms with Gasteiger partial charge in [0.05, 0.1) is 22.6 Å². The van der Waals surface area contributed by atoms with E-state index in [4.69, 9.17) is 17.3 Å². The molecular weight excluding hydrogens is 514 g/mol. The lowest BCUT2D eigenvalue weighted by atomic mass is 10.00. The van der Waals surface area contributed by atoms with Crippen molar-refractivity contribution in [3.8, 4) is 5.75 Å². The van der Waals surface area contributed by atoms with Gasteiger partial charge >= 0.3 is 0 Å². The number of rotatable bonds is 11. The molecule has 8 nitrogen and oxygen atoms in total. The van der Waals surface area contributed by atoms with Crippen molar-refractivity contribution in [3.05, 3.63) is 88.9 Å². The number of carbonyl (C=O) groups is 1. The molecule has 0 fully saturated rings. The van der Waals surface area contributed by atoms with E-state index in [9.17, 15) is 23.4 Å². The Morgan fingerprint density at radius 1 is 1.03 bits per heavy atom. The Bertz CT molecular complexity index is 1300. The number of sulfonamides is 1. The summed E-state index contributed by atoms with van der Waals surface area (Å²) in [6, 6.07) is 18.3. The predicted octanol–water partition coefficient (Wildman–Crippen LogP) is 3.68. The van der Waals surface area contributed by atoms with Gasteiger partial charge in [0.25, 0.3) is 5.91 Å². The van der Waals surface area contributed by atoms with Crippen molar-refractivity contribution in [2.45, 2.75) is 37.3 Å². The van der Waals surface area contributed by atoms with Gasteiger partial charge in [-0.1, -0.05) is 55.8 Å². The van der Waals surface area contributed by atoms with Crippen molar-refractivity contribution in [1.29, 1.82) is 0 Å². The van der Waals surface area contributed by atoms with Gasteiger partial charge < -0.3 is 21.3 Å². The molecule has 0 radical (unpaired) electrons. The molecule has 3 rings (SSSR count). The number of nitrogens with two attached hydrogens (primary N) is 1. The van der Waals surface area contributed by atoms with Crippen LogP contribution >= 0.6 is 11.6 Å². The Labute approximate surface area is 222 Å². The molecule has 0 bridgehead atoms. The van der Waals surface area contributed by atoms with E-state index in [1.165, 1.54) is 46.8 Å². The number of hydrogen-bond donors (Lipinski definition) is 4. The highest BCUT2D eigenvalue weighted by atomic mass is 35.5. The molecule has 10 heteroatoms. The first kappa shape index (κ1) is 28.5. The number of carbonyl (C=O) groups excluding carboxylic acids is 1. The number of nitrogens with zero attached hydrogens (tertiary/aromatic N) is 1. The number of aromatic hydroxyl groups is 1. The minimum atomic E-state index is -3.96. The van der Waals surface area contributed by atoms with Crippen molar-refractivity contribution in [1.82, 2.24) is 9.62 Å². The smallest absolute Gasteiger partial charge is 0.255 e. The molecule has 0 unspecified atom stereocenters. The van der Waals surface area contributed by atoms with Gasteiger partial charge in [-0.25, -0.2) is 8.42 Å². The Kier molecular flexibility index (Phi) is 9.56. The van der Waals surface area contributed by atoms with Crippen LogP contribution in [0.4, 0.5) is 5.69 Å². The Morgan fingerprint density at radius 3 is 2.27 bits per heavy atom. The third-order valence-electron chi connectivity index (χ3n) is 5.76. The number of phenolic OH excluding ortho intramolecular Hbond substituents is 1. The zero-order valence-corrected chi connectivity index (χ0v) is 22.3. The average Bonchev–Trinajstić information content (AvgIpc) is 2.83. The van der Waals surface area contributed by atoms with Crippen molar-refractivity contribution >= 4 is 33.2 Å². The summed E-state index contributed by atoms with van der Waals surface area (Å²) in [7, 11) is -3.96. The highest BCUT2D eigenvalue weighted by Gasteiger charge is 2.31. The number of amides is 1. The van der Waals surface area contributed by atoms with Crippen LogP contribution in [-0.2, 0) is 16.4 Å². The minimum absolute atomic E-state index is 0.0109. The van der Waals surface area contributed by atoms with Crippen LogP contribution in [0.1, 0.15) is 29.8 Å². The molecule has 0 saturated heterocycles. The van der Waals surface area contributed by atoms with Gasteiger partial charge in [-0.15, -0.1) is 0 Å². The SMILES string of the molecule is CC(C)CN(C[C@@H](O)[C@H](Cc1ccccc1)NC(=O)c1ccc(Cl)cc1O)S(=O)(=O)c1ccc(N)cc1. The highest BCUT2D eigenvalue weighted by Crippen LogP contribution is 2.23. The van der Waals surface area contributed by atoms with E-state index in [0.29, 0.717) is 5.69 Å². The van der Waals surface area contributed by atoms with Gasteiger partial charge in [-0.2, -0.15) is 4.31 Å². The third kappa shape index (κ3) is 7.69. The summed E-state index contributed by atoms with van der Waals surface area (Å²) >= 11 is 5.88. The van der Waals surface area contributed by atoms with E-state index in [0.717, 1.165) is 5.56 Å². The van der Waals surface area contributed by atoms with Crippen LogP contribution in [0.2, 0.25) is 5.02 Å². The van der Waals surface area contributed by atoms with Crippen molar-refractivity contribution in [3.63, 3.8) is 0 Å². The first-order valence-electron chi connectivity index (χ1n) is 11.8. The van der Waals surface area contributed by atoms with Crippen molar-refractivity contribution in [2.75, 3.05) is 18.8 Å². The zero-order chi connectivity index (χ0) is 27.2. The van der Waals surface area contributed by atoms with Crippen LogP contribution in [0.5, 0.6) is 5.75 Å². The van der Waals surface area contributed by atoms with Gasteiger partial charge in [0.15, 0.2) is 0 Å². The number of anilines is 1. The average molecular weight is 546 g/mol. The van der Waals surface area contributed by atoms with E-state index in [1.807, 2.05) is 44.2 Å². The maximum atomic E-state index is 13.5. The molecule has 0 saturated carbocycles. The first-order valence-corrected chi connectivity index (χ1v) is 13.7. The summed E-state index contributed by atoms with van der Waals surface area (Å²) in [5.74, 6) is -0.944. The van der Waals surface area contributed by atoms with Crippen LogP contribution < -0.4 is 11.1 Å². The summed E-state index contributed by atoms with van der Waals surface area (Å²) in [6.45, 7) is 3.66. The number of hydrogen-bond acceptors (Lipinski definition) is 6. The zero-order valence-electron chi connectivity index (χ0n) is 20.7. The van der Waals surface area contributed by atoms with Crippen LogP contribution in [0, 0.1) is 5.92 Å². The monoisotopic (exact) mass is 545 g/mol. The second-order valence-corrected chi connectivity index (χ2v) is 11.7. The molecule has 2 atom stereocenters. The predicted molar refractivity (Wildman–Crippen MR) is 145 cm³/mol. The van der Waals surface area contributed by atoms with Gasteiger partial charge in [0, 0.05) is 23.8 Å². The van der Waals surface area contributed by atoms with Gasteiger partial charge in [0.2, 0.25) is 10.0 Å². The Balaban J connectivity index is 1.90. The fraction of sp³-hybridized carbons (Fsp3) is 0.296. The molecule has 1 amide bonds. The lowest BCUT2D eigenvalue weighted by Crippen LogP contribution is -2.51. The van der Waals surface area contributed by atoms with Gasteiger partial charge in [-0.05, 0) is 60.4 Å². The van der Waals surface area contributed by atoms with Crippen LogP contribution in [0.15, 0.2) is 77.7 Å². The molecule has 198 valence electrons. The normalized spacial score (nSPS) is 13.5. The quantitative estimate of drug-likeness (QED) is 0.272. The molecule has 0 heterocycles.